The maximum absolute atomic E-state index is 13.0. The van der Waals surface area contributed by atoms with E-state index >= 15 is 0 Å². The number of unbranched alkanes of at least 4 members (excludes halogenated alkanes) is 32. The van der Waals surface area contributed by atoms with Gasteiger partial charge < -0.3 is 33.8 Å². The minimum atomic E-state index is -4.95. The Bertz CT molecular complexity index is 1770. The van der Waals surface area contributed by atoms with Crippen molar-refractivity contribution in [2.45, 2.75) is 363 Å². The molecule has 528 valence electrons. The van der Waals surface area contributed by atoms with E-state index in [-0.39, 0.29) is 25.7 Å². The van der Waals surface area contributed by atoms with Gasteiger partial charge in [0, 0.05) is 25.7 Å². The lowest BCUT2D eigenvalue weighted by molar-refractivity contribution is -0.161. The van der Waals surface area contributed by atoms with Crippen LogP contribution < -0.4 is 0 Å². The lowest BCUT2D eigenvalue weighted by Crippen LogP contribution is -2.30. The van der Waals surface area contributed by atoms with Crippen molar-refractivity contribution >= 4 is 39.5 Å². The summed E-state index contributed by atoms with van der Waals surface area (Å²) in [5.74, 6) is 0.816. The highest BCUT2D eigenvalue weighted by Crippen LogP contribution is 2.45. The first-order chi connectivity index (χ1) is 42.6. The van der Waals surface area contributed by atoms with Crippen LogP contribution in [0.1, 0.15) is 344 Å². The Morgan fingerprint density at radius 1 is 0.315 bits per heavy atom. The molecular formula is C70H136O17P2. The Morgan fingerprint density at radius 2 is 0.539 bits per heavy atom. The van der Waals surface area contributed by atoms with Crippen LogP contribution in [0.5, 0.6) is 0 Å². The predicted octanol–water partition coefficient (Wildman–Crippen LogP) is 19.7. The molecule has 0 amide bonds. The van der Waals surface area contributed by atoms with Crippen LogP contribution in [0, 0.1) is 23.7 Å². The van der Waals surface area contributed by atoms with Gasteiger partial charge in [-0.25, -0.2) is 9.13 Å². The van der Waals surface area contributed by atoms with Gasteiger partial charge in [0.1, 0.15) is 19.3 Å². The summed E-state index contributed by atoms with van der Waals surface area (Å²) in [7, 11) is -9.90. The van der Waals surface area contributed by atoms with Gasteiger partial charge in [-0.3, -0.25) is 37.3 Å². The van der Waals surface area contributed by atoms with E-state index in [1.807, 2.05) is 0 Å². The molecule has 0 bridgehead atoms. The standard InChI is InChI=1S/C70H136O17P2/c1-9-63(8)49-41-33-27-29-35-43-51-68(73)81-57-66(86-69(74)52-44-36-24-20-16-14-12-10-11-13-15-18-22-30-38-46-60(2)3)59-85-89(78,79)83-55-64(71)54-82-88(76,77)84-58-65(56-80-67(72)50-42-34-28-26-32-40-48-62(6)7)87-70(75)53-45-37-25-21-17-19-23-31-39-47-61(4)5/h60-66,71H,9-59H2,1-8H3,(H,76,77)(H,78,79)/t63?,64-,65+,66+/m0/s1. The number of aliphatic hydroxyl groups is 1. The highest BCUT2D eigenvalue weighted by Gasteiger charge is 2.30. The molecule has 3 N–H and O–H groups in total. The summed E-state index contributed by atoms with van der Waals surface area (Å²) >= 11 is 0. The fourth-order valence-electron chi connectivity index (χ4n) is 10.5. The van der Waals surface area contributed by atoms with Crippen molar-refractivity contribution in [3.05, 3.63) is 0 Å². The van der Waals surface area contributed by atoms with Gasteiger partial charge in [-0.05, 0) is 49.4 Å². The second-order valence-electron chi connectivity index (χ2n) is 26.9. The molecule has 0 fully saturated rings. The van der Waals surface area contributed by atoms with E-state index in [0.29, 0.717) is 31.6 Å². The summed E-state index contributed by atoms with van der Waals surface area (Å²) in [5.41, 5.74) is 0. The highest BCUT2D eigenvalue weighted by molar-refractivity contribution is 7.47. The lowest BCUT2D eigenvalue weighted by atomic mass is 10.00. The average molecular weight is 1310 g/mol. The van der Waals surface area contributed by atoms with Crippen molar-refractivity contribution in [2.24, 2.45) is 23.7 Å². The third-order valence-electron chi connectivity index (χ3n) is 16.4. The predicted molar refractivity (Wildman–Crippen MR) is 358 cm³/mol. The highest BCUT2D eigenvalue weighted by atomic mass is 31.2. The molecule has 0 aliphatic carbocycles. The van der Waals surface area contributed by atoms with Crippen molar-refractivity contribution in [3.63, 3.8) is 0 Å². The zero-order chi connectivity index (χ0) is 66.1. The number of esters is 4. The summed E-state index contributed by atoms with van der Waals surface area (Å²) in [6.45, 7) is 14.0. The summed E-state index contributed by atoms with van der Waals surface area (Å²) in [6.07, 6.45) is 41.9. The van der Waals surface area contributed by atoms with E-state index in [1.165, 1.54) is 135 Å². The molecule has 0 rings (SSSR count). The zero-order valence-corrected chi connectivity index (χ0v) is 59.8. The molecule has 89 heavy (non-hydrogen) atoms. The van der Waals surface area contributed by atoms with Crippen LogP contribution in [0.15, 0.2) is 0 Å². The summed E-state index contributed by atoms with van der Waals surface area (Å²) in [4.78, 5) is 72.5. The van der Waals surface area contributed by atoms with Crippen LogP contribution in [0.25, 0.3) is 0 Å². The summed E-state index contributed by atoms with van der Waals surface area (Å²) in [6, 6.07) is 0. The summed E-state index contributed by atoms with van der Waals surface area (Å²) < 4.78 is 68.2. The number of carbonyl (C=O) groups excluding carboxylic acids is 4. The van der Waals surface area contributed by atoms with Crippen molar-refractivity contribution < 1.29 is 80.2 Å². The molecule has 19 heteroatoms. The first kappa shape index (κ1) is 87.1. The number of ether oxygens (including phenoxy) is 4. The van der Waals surface area contributed by atoms with E-state index in [2.05, 4.69) is 55.4 Å². The smallest absolute Gasteiger partial charge is 0.462 e. The Balaban J connectivity index is 5.21. The molecule has 0 radical (unpaired) electrons. The monoisotopic (exact) mass is 1310 g/mol. The molecule has 0 heterocycles. The van der Waals surface area contributed by atoms with Crippen LogP contribution >= 0.6 is 15.6 Å². The first-order valence-electron chi connectivity index (χ1n) is 36.2. The van der Waals surface area contributed by atoms with Gasteiger partial charge in [0.05, 0.1) is 26.4 Å². The molecule has 0 aromatic rings. The van der Waals surface area contributed by atoms with E-state index in [4.69, 9.17) is 37.0 Å². The van der Waals surface area contributed by atoms with Gasteiger partial charge in [-0.1, -0.05) is 293 Å². The number of hydrogen-bond donors (Lipinski definition) is 3. The van der Waals surface area contributed by atoms with Crippen LogP contribution in [-0.2, 0) is 65.4 Å². The van der Waals surface area contributed by atoms with Gasteiger partial charge in [0.15, 0.2) is 12.2 Å². The van der Waals surface area contributed by atoms with Crippen LogP contribution in [0.3, 0.4) is 0 Å². The fraction of sp³-hybridized carbons (Fsp3) is 0.943. The van der Waals surface area contributed by atoms with Crippen LogP contribution in [0.4, 0.5) is 0 Å². The number of hydrogen-bond acceptors (Lipinski definition) is 15. The minimum Gasteiger partial charge on any atom is -0.462 e. The van der Waals surface area contributed by atoms with Crippen molar-refractivity contribution in [3.8, 4) is 0 Å². The van der Waals surface area contributed by atoms with Gasteiger partial charge >= 0.3 is 39.5 Å². The number of carbonyl (C=O) groups is 4. The minimum absolute atomic E-state index is 0.104. The molecule has 0 aromatic carbocycles. The van der Waals surface area contributed by atoms with E-state index in [9.17, 15) is 43.2 Å². The zero-order valence-electron chi connectivity index (χ0n) is 58.1. The third-order valence-corrected chi connectivity index (χ3v) is 18.3. The Kier molecular flexibility index (Phi) is 58.5. The molecule has 0 aliphatic rings. The van der Waals surface area contributed by atoms with Crippen LogP contribution in [-0.4, -0.2) is 96.7 Å². The van der Waals surface area contributed by atoms with E-state index in [1.54, 1.807) is 0 Å². The lowest BCUT2D eigenvalue weighted by Gasteiger charge is -2.21. The molecule has 6 atom stereocenters. The fourth-order valence-corrected chi connectivity index (χ4v) is 12.0. The van der Waals surface area contributed by atoms with Gasteiger partial charge in [0.2, 0.25) is 0 Å². The van der Waals surface area contributed by atoms with Crippen molar-refractivity contribution in [1.29, 1.82) is 0 Å². The molecular weight excluding hydrogens is 1170 g/mol. The maximum atomic E-state index is 13.0. The van der Waals surface area contributed by atoms with E-state index in [0.717, 1.165) is 120 Å². The second-order valence-corrected chi connectivity index (χ2v) is 29.8. The van der Waals surface area contributed by atoms with E-state index < -0.39 is 97.5 Å². The topological polar surface area (TPSA) is 237 Å². The number of aliphatic hydroxyl groups excluding tert-OH is 1. The SMILES string of the molecule is CCC(C)CCCCCCCCC(=O)OC[C@H](COP(=O)(O)OC[C@@H](O)COP(=O)(O)OC[C@@H](COC(=O)CCCCCCCCC(C)C)OC(=O)CCCCCCCCCCCC(C)C)OC(=O)CCCCCCCCCCCCCCCCCC(C)C. The Hall–Kier alpha value is -1.94. The van der Waals surface area contributed by atoms with Crippen molar-refractivity contribution in [1.82, 2.24) is 0 Å². The molecule has 0 aromatic heterocycles. The van der Waals surface area contributed by atoms with Crippen LogP contribution in [0.2, 0.25) is 0 Å². The molecule has 0 spiro atoms. The number of phosphoric ester groups is 2. The van der Waals surface area contributed by atoms with Gasteiger partial charge in [0.25, 0.3) is 0 Å². The third kappa shape index (κ3) is 63.2. The Morgan fingerprint density at radius 3 is 0.798 bits per heavy atom. The molecule has 3 unspecified atom stereocenters. The first-order valence-corrected chi connectivity index (χ1v) is 39.2. The quantitative estimate of drug-likeness (QED) is 0.0222. The Labute approximate surface area is 543 Å². The average Bonchev–Trinajstić information content (AvgIpc) is 3.70. The maximum Gasteiger partial charge on any atom is 0.472 e. The largest absolute Gasteiger partial charge is 0.472 e. The second kappa shape index (κ2) is 59.8. The van der Waals surface area contributed by atoms with Gasteiger partial charge in [-0.2, -0.15) is 0 Å². The molecule has 0 saturated heterocycles. The normalized spacial score (nSPS) is 14.6. The molecule has 0 aliphatic heterocycles. The molecule has 0 saturated carbocycles. The summed E-state index contributed by atoms with van der Waals surface area (Å²) in [5, 5.41) is 10.6. The number of phosphoric acid groups is 2. The molecule has 17 nitrogen and oxygen atoms in total. The van der Waals surface area contributed by atoms with Gasteiger partial charge in [-0.15, -0.1) is 0 Å². The van der Waals surface area contributed by atoms with Crippen molar-refractivity contribution in [2.75, 3.05) is 39.6 Å². The number of rotatable bonds is 67.